The van der Waals surface area contributed by atoms with Crippen molar-refractivity contribution < 1.29 is 5.11 Å². The molecule has 0 aliphatic carbocycles. The summed E-state index contributed by atoms with van der Waals surface area (Å²) in [5.74, 6) is 6.27. The molecule has 1 heterocycles. The number of hydrogen-bond donors (Lipinski definition) is 4. The summed E-state index contributed by atoms with van der Waals surface area (Å²) in [4.78, 5) is 10.0. The van der Waals surface area contributed by atoms with Gasteiger partial charge in [-0.1, -0.05) is 0 Å². The predicted molar refractivity (Wildman–Crippen MR) is 67.5 cm³/mol. The maximum Gasteiger partial charge on any atom is 0.160 e. The van der Waals surface area contributed by atoms with Gasteiger partial charge in [0.2, 0.25) is 0 Å². The van der Waals surface area contributed by atoms with Crippen LogP contribution in [0.25, 0.3) is 0 Å². The highest BCUT2D eigenvalue weighted by Crippen LogP contribution is 2.09. The van der Waals surface area contributed by atoms with Gasteiger partial charge in [-0.25, -0.2) is 10.8 Å². The number of aromatic nitrogens is 2. The Kier molecular flexibility index (Phi) is 4.62. The van der Waals surface area contributed by atoms with Crippen LogP contribution in [0.1, 0.15) is 6.92 Å². The number of anilines is 2. The molecule has 0 radical (unpaired) electrons. The second kappa shape index (κ2) is 5.76. The Morgan fingerprint density at radius 1 is 1.41 bits per heavy atom. The van der Waals surface area contributed by atoms with E-state index in [1.54, 1.807) is 13.1 Å². The maximum atomic E-state index is 10.1. The maximum absolute atomic E-state index is 10.1. The van der Waals surface area contributed by atoms with Crippen molar-refractivity contribution in [2.45, 2.75) is 12.5 Å². The van der Waals surface area contributed by atoms with E-state index in [2.05, 4.69) is 20.7 Å². The molecule has 0 bridgehead atoms. The number of nitrogens with one attached hydrogen (secondary N) is 2. The molecule has 0 amide bonds. The van der Waals surface area contributed by atoms with E-state index >= 15 is 0 Å². The predicted octanol–water partition coefficient (Wildman–Crippen LogP) is -0.513. The molecule has 1 unspecified atom stereocenters. The monoisotopic (exact) mass is 240 g/mol. The third-order valence-corrected chi connectivity index (χ3v) is 2.09. The Hall–Kier alpha value is -1.44. The summed E-state index contributed by atoms with van der Waals surface area (Å²) in [6.45, 7) is 2.70. The average molecular weight is 240 g/mol. The molecule has 7 heteroatoms. The third kappa shape index (κ3) is 4.94. The van der Waals surface area contributed by atoms with Gasteiger partial charge < -0.3 is 20.7 Å². The standard InChI is InChI=1S/C10H20N6O/c1-10(17,7-16(2)3)6-13-8-4-12-5-9(14-8)15-11/h4-5,17H,6-7,11H2,1-3H3,(H2,13,14,15). The quantitative estimate of drug-likeness (QED) is 0.392. The molecular formula is C10H20N6O. The van der Waals surface area contributed by atoms with Crippen LogP contribution < -0.4 is 16.6 Å². The molecule has 1 atom stereocenters. The SMILES string of the molecule is CN(C)CC(C)(O)CNc1cncc(NN)n1. The molecule has 1 rings (SSSR count). The van der Waals surface area contributed by atoms with Crippen molar-refractivity contribution in [1.82, 2.24) is 14.9 Å². The summed E-state index contributed by atoms with van der Waals surface area (Å²) < 4.78 is 0. The Morgan fingerprint density at radius 2 is 2.06 bits per heavy atom. The summed E-state index contributed by atoms with van der Waals surface area (Å²) in [5.41, 5.74) is 1.58. The third-order valence-electron chi connectivity index (χ3n) is 2.09. The van der Waals surface area contributed by atoms with Gasteiger partial charge in [-0.05, 0) is 21.0 Å². The van der Waals surface area contributed by atoms with Crippen molar-refractivity contribution in [3.8, 4) is 0 Å². The smallest absolute Gasteiger partial charge is 0.160 e. The van der Waals surface area contributed by atoms with E-state index in [1.165, 1.54) is 6.20 Å². The summed E-state index contributed by atoms with van der Waals surface area (Å²) in [6.07, 6.45) is 3.09. The molecule has 0 saturated carbocycles. The van der Waals surface area contributed by atoms with Crippen molar-refractivity contribution in [1.29, 1.82) is 0 Å². The summed E-state index contributed by atoms with van der Waals surface area (Å²) >= 11 is 0. The minimum Gasteiger partial charge on any atom is -0.387 e. The number of likely N-dealkylation sites (N-methyl/N-ethyl adjacent to an activating group) is 1. The average Bonchev–Trinajstić information content (AvgIpc) is 2.25. The van der Waals surface area contributed by atoms with Gasteiger partial charge in [0, 0.05) is 13.1 Å². The number of rotatable bonds is 6. The van der Waals surface area contributed by atoms with Gasteiger partial charge in [-0.15, -0.1) is 0 Å². The zero-order valence-corrected chi connectivity index (χ0v) is 10.4. The fourth-order valence-corrected chi connectivity index (χ4v) is 1.54. The summed E-state index contributed by atoms with van der Waals surface area (Å²) in [5, 5.41) is 13.1. The van der Waals surface area contributed by atoms with E-state index < -0.39 is 5.60 Å². The lowest BCUT2D eigenvalue weighted by atomic mass is 10.1. The highest BCUT2D eigenvalue weighted by Gasteiger charge is 2.21. The Balaban J connectivity index is 2.54. The molecule has 0 aromatic carbocycles. The number of nitrogens with zero attached hydrogens (tertiary/aromatic N) is 3. The molecule has 1 aromatic heterocycles. The van der Waals surface area contributed by atoms with Crippen LogP contribution in [0.15, 0.2) is 12.4 Å². The van der Waals surface area contributed by atoms with Gasteiger partial charge in [0.1, 0.15) is 5.82 Å². The van der Waals surface area contributed by atoms with Gasteiger partial charge in [0.25, 0.3) is 0 Å². The minimum atomic E-state index is -0.836. The van der Waals surface area contributed by atoms with Crippen LogP contribution in [-0.4, -0.2) is 52.8 Å². The van der Waals surface area contributed by atoms with Crippen LogP contribution in [-0.2, 0) is 0 Å². The van der Waals surface area contributed by atoms with Crippen LogP contribution in [0.4, 0.5) is 11.6 Å². The molecule has 0 aliphatic rings. The summed E-state index contributed by atoms with van der Waals surface area (Å²) in [6, 6.07) is 0. The van der Waals surface area contributed by atoms with Crippen molar-refractivity contribution in [2.24, 2.45) is 5.84 Å². The number of hydrogen-bond acceptors (Lipinski definition) is 7. The van der Waals surface area contributed by atoms with Crippen LogP contribution >= 0.6 is 0 Å². The first-order valence-electron chi connectivity index (χ1n) is 5.32. The first-order chi connectivity index (χ1) is 7.93. The Morgan fingerprint density at radius 3 is 2.65 bits per heavy atom. The number of nitrogens with two attached hydrogens (primary N) is 1. The van der Waals surface area contributed by atoms with Gasteiger partial charge in [-0.3, -0.25) is 4.98 Å². The molecule has 5 N–H and O–H groups in total. The second-order valence-corrected chi connectivity index (χ2v) is 4.52. The van der Waals surface area contributed by atoms with E-state index in [9.17, 15) is 5.11 Å². The molecule has 96 valence electrons. The van der Waals surface area contributed by atoms with E-state index in [-0.39, 0.29) is 0 Å². The van der Waals surface area contributed by atoms with E-state index in [4.69, 9.17) is 5.84 Å². The van der Waals surface area contributed by atoms with Gasteiger partial charge in [0.15, 0.2) is 5.82 Å². The molecule has 17 heavy (non-hydrogen) atoms. The lowest BCUT2D eigenvalue weighted by molar-refractivity contribution is 0.0459. The van der Waals surface area contributed by atoms with Crippen molar-refractivity contribution in [2.75, 3.05) is 37.9 Å². The molecule has 0 spiro atoms. The molecule has 0 fully saturated rings. The molecule has 1 aromatic rings. The second-order valence-electron chi connectivity index (χ2n) is 4.52. The van der Waals surface area contributed by atoms with Gasteiger partial charge in [-0.2, -0.15) is 0 Å². The lowest BCUT2D eigenvalue weighted by Crippen LogP contribution is -2.43. The Bertz CT molecular complexity index is 354. The zero-order chi connectivity index (χ0) is 12.9. The fourth-order valence-electron chi connectivity index (χ4n) is 1.54. The zero-order valence-electron chi connectivity index (χ0n) is 10.4. The van der Waals surface area contributed by atoms with Crippen molar-refractivity contribution in [3.05, 3.63) is 12.4 Å². The molecule has 0 aliphatic heterocycles. The van der Waals surface area contributed by atoms with E-state index in [1.807, 2.05) is 19.0 Å². The van der Waals surface area contributed by atoms with E-state index in [0.717, 1.165) is 0 Å². The van der Waals surface area contributed by atoms with Gasteiger partial charge in [0.05, 0.1) is 18.0 Å². The van der Waals surface area contributed by atoms with Crippen molar-refractivity contribution >= 4 is 11.6 Å². The first kappa shape index (κ1) is 13.6. The number of hydrazine groups is 1. The first-order valence-corrected chi connectivity index (χ1v) is 5.32. The van der Waals surface area contributed by atoms with E-state index in [0.29, 0.717) is 24.7 Å². The van der Waals surface area contributed by atoms with Crippen LogP contribution in [0.2, 0.25) is 0 Å². The molecular weight excluding hydrogens is 220 g/mol. The molecule has 0 saturated heterocycles. The largest absolute Gasteiger partial charge is 0.387 e. The Labute approximate surface area is 101 Å². The highest BCUT2D eigenvalue weighted by molar-refractivity contribution is 5.40. The van der Waals surface area contributed by atoms with Crippen molar-refractivity contribution in [3.63, 3.8) is 0 Å². The molecule has 7 nitrogen and oxygen atoms in total. The fraction of sp³-hybridized carbons (Fsp3) is 0.600. The summed E-state index contributed by atoms with van der Waals surface area (Å²) in [7, 11) is 3.82. The number of aliphatic hydroxyl groups is 1. The highest BCUT2D eigenvalue weighted by atomic mass is 16.3. The van der Waals surface area contributed by atoms with Crippen LogP contribution in [0, 0.1) is 0 Å². The van der Waals surface area contributed by atoms with Crippen LogP contribution in [0.3, 0.4) is 0 Å². The number of nitrogen functional groups attached to an aromatic ring is 1. The normalized spacial score (nSPS) is 14.5. The van der Waals surface area contributed by atoms with Gasteiger partial charge >= 0.3 is 0 Å². The topological polar surface area (TPSA) is 99.3 Å². The lowest BCUT2D eigenvalue weighted by Gasteiger charge is -2.27. The van der Waals surface area contributed by atoms with Crippen LogP contribution in [0.5, 0.6) is 0 Å². The minimum absolute atomic E-state index is 0.383.